The van der Waals surface area contributed by atoms with Crippen LogP contribution in [-0.4, -0.2) is 16.1 Å². The van der Waals surface area contributed by atoms with E-state index < -0.39 is 5.97 Å². The Balaban J connectivity index is 2.72. The second kappa shape index (κ2) is 2.77. The summed E-state index contributed by atoms with van der Waals surface area (Å²) >= 11 is 0. The van der Waals surface area contributed by atoms with Crippen molar-refractivity contribution < 1.29 is 9.90 Å². The number of carboxylic acids is 1. The molecule has 1 heterocycles. The molecule has 0 amide bonds. The van der Waals surface area contributed by atoms with Crippen LogP contribution in [0, 0.1) is 6.92 Å². The number of hydrogen-bond donors (Lipinski definition) is 3. The summed E-state index contributed by atoms with van der Waals surface area (Å²) in [6, 6.07) is 5.19. The zero-order valence-corrected chi connectivity index (χ0v) is 7.66. The van der Waals surface area contributed by atoms with E-state index in [9.17, 15) is 4.79 Å². The molecule has 0 aliphatic carbocycles. The number of fused-ring (bicyclic) bond motifs is 1. The van der Waals surface area contributed by atoms with Gasteiger partial charge in [-0.05, 0) is 30.7 Å². The minimum atomic E-state index is -0.961. The smallest absolute Gasteiger partial charge is 0.352 e. The molecule has 4 nitrogen and oxygen atoms in total. The first-order valence-corrected chi connectivity index (χ1v) is 4.20. The molecule has 0 atom stereocenters. The summed E-state index contributed by atoms with van der Waals surface area (Å²) in [5.74, 6) is -0.961. The number of carbonyl (C=O) groups is 1. The molecule has 0 spiro atoms. The maximum Gasteiger partial charge on any atom is 0.352 e. The second-order valence-electron chi connectivity index (χ2n) is 3.28. The number of hydrogen-bond acceptors (Lipinski definition) is 2. The van der Waals surface area contributed by atoms with E-state index in [1.807, 2.05) is 13.0 Å². The highest BCUT2D eigenvalue weighted by Gasteiger charge is 2.07. The minimum Gasteiger partial charge on any atom is -0.477 e. The first-order valence-electron chi connectivity index (χ1n) is 4.20. The topological polar surface area (TPSA) is 79.1 Å². The third kappa shape index (κ3) is 1.21. The van der Waals surface area contributed by atoms with Crippen LogP contribution < -0.4 is 5.73 Å². The van der Waals surface area contributed by atoms with Gasteiger partial charge in [0.1, 0.15) is 5.69 Å². The maximum atomic E-state index is 10.7. The van der Waals surface area contributed by atoms with Gasteiger partial charge in [0, 0.05) is 16.6 Å². The molecule has 0 saturated carbocycles. The molecule has 2 aromatic rings. The molecule has 0 bridgehead atoms. The summed E-state index contributed by atoms with van der Waals surface area (Å²) in [7, 11) is 0. The molecule has 0 aliphatic rings. The van der Waals surface area contributed by atoms with Gasteiger partial charge in [0.2, 0.25) is 0 Å². The van der Waals surface area contributed by atoms with E-state index in [1.54, 1.807) is 12.1 Å². The number of aromatic nitrogens is 1. The Morgan fingerprint density at radius 3 is 2.79 bits per heavy atom. The number of nitrogens with two attached hydrogens (primary N) is 1. The molecular formula is C10H10N2O2. The lowest BCUT2D eigenvalue weighted by Gasteiger charge is -1.98. The van der Waals surface area contributed by atoms with E-state index in [2.05, 4.69) is 4.98 Å². The van der Waals surface area contributed by atoms with Gasteiger partial charge in [-0.3, -0.25) is 0 Å². The van der Waals surface area contributed by atoms with Gasteiger partial charge < -0.3 is 15.8 Å². The molecule has 1 aromatic heterocycles. The van der Waals surface area contributed by atoms with Crippen molar-refractivity contribution in [1.29, 1.82) is 0 Å². The molecule has 0 saturated heterocycles. The molecule has 0 radical (unpaired) electrons. The molecule has 72 valence electrons. The molecule has 4 heteroatoms. The van der Waals surface area contributed by atoms with Gasteiger partial charge in [0.15, 0.2) is 0 Å². The van der Waals surface area contributed by atoms with Crippen LogP contribution in [0.15, 0.2) is 18.2 Å². The van der Waals surface area contributed by atoms with E-state index in [1.165, 1.54) is 0 Å². The standard InChI is InChI=1S/C10H10N2O2/c1-5-2-8-6(3-7(5)11)4-9(12-8)10(13)14/h2-4,12H,11H2,1H3,(H,13,14). The number of carboxylic acid groups (broad SMARTS) is 1. The van der Waals surface area contributed by atoms with Crippen LogP contribution in [0.1, 0.15) is 16.1 Å². The SMILES string of the molecule is Cc1cc2[nH]c(C(=O)O)cc2cc1N. The van der Waals surface area contributed by atoms with Gasteiger partial charge in [0.25, 0.3) is 0 Å². The first kappa shape index (κ1) is 8.62. The quantitative estimate of drug-likeness (QED) is 0.599. The molecule has 4 N–H and O–H groups in total. The lowest BCUT2D eigenvalue weighted by molar-refractivity contribution is 0.0691. The zero-order chi connectivity index (χ0) is 10.3. The maximum absolute atomic E-state index is 10.7. The number of rotatable bonds is 1. The van der Waals surface area contributed by atoms with Crippen LogP contribution in [0.4, 0.5) is 5.69 Å². The van der Waals surface area contributed by atoms with Crippen LogP contribution in [0.3, 0.4) is 0 Å². The van der Waals surface area contributed by atoms with Crippen molar-refractivity contribution in [2.24, 2.45) is 0 Å². The van der Waals surface area contributed by atoms with Crippen molar-refractivity contribution in [3.63, 3.8) is 0 Å². The van der Waals surface area contributed by atoms with E-state index in [0.29, 0.717) is 5.69 Å². The van der Waals surface area contributed by atoms with Gasteiger partial charge >= 0.3 is 5.97 Å². The fourth-order valence-electron chi connectivity index (χ4n) is 1.42. The lowest BCUT2D eigenvalue weighted by atomic mass is 10.1. The number of aryl methyl sites for hydroxylation is 1. The molecule has 1 aromatic carbocycles. The number of H-pyrrole nitrogens is 1. The summed E-state index contributed by atoms with van der Waals surface area (Å²) < 4.78 is 0. The summed E-state index contributed by atoms with van der Waals surface area (Å²) in [6.45, 7) is 1.88. The van der Waals surface area contributed by atoms with Gasteiger partial charge in [0.05, 0.1) is 0 Å². The highest BCUT2D eigenvalue weighted by molar-refractivity contribution is 5.95. The number of nitrogens with one attached hydrogen (secondary N) is 1. The number of aromatic carboxylic acids is 1. The third-order valence-corrected chi connectivity index (χ3v) is 2.24. The van der Waals surface area contributed by atoms with E-state index in [4.69, 9.17) is 10.8 Å². The van der Waals surface area contributed by atoms with Gasteiger partial charge in [-0.25, -0.2) is 4.79 Å². The highest BCUT2D eigenvalue weighted by Crippen LogP contribution is 2.21. The molecule has 2 rings (SSSR count). The van der Waals surface area contributed by atoms with Crippen molar-refractivity contribution in [1.82, 2.24) is 4.98 Å². The largest absolute Gasteiger partial charge is 0.477 e. The molecule has 0 aliphatic heterocycles. The fraction of sp³-hybridized carbons (Fsp3) is 0.100. The second-order valence-corrected chi connectivity index (χ2v) is 3.28. The van der Waals surface area contributed by atoms with Gasteiger partial charge in [-0.15, -0.1) is 0 Å². The van der Waals surface area contributed by atoms with E-state index in [0.717, 1.165) is 16.5 Å². The van der Waals surface area contributed by atoms with Crippen LogP contribution in [0.2, 0.25) is 0 Å². The minimum absolute atomic E-state index is 0.185. The molecule has 14 heavy (non-hydrogen) atoms. The summed E-state index contributed by atoms with van der Waals surface area (Å²) in [4.78, 5) is 13.5. The van der Waals surface area contributed by atoms with E-state index in [-0.39, 0.29) is 5.69 Å². The lowest BCUT2D eigenvalue weighted by Crippen LogP contribution is -1.94. The van der Waals surface area contributed by atoms with Crippen LogP contribution in [0.5, 0.6) is 0 Å². The number of anilines is 1. The Bertz CT molecular complexity index is 475. The number of aromatic amines is 1. The number of benzene rings is 1. The van der Waals surface area contributed by atoms with Crippen molar-refractivity contribution in [3.8, 4) is 0 Å². The third-order valence-electron chi connectivity index (χ3n) is 2.24. The Morgan fingerprint density at radius 1 is 1.43 bits per heavy atom. The monoisotopic (exact) mass is 190 g/mol. The highest BCUT2D eigenvalue weighted by atomic mass is 16.4. The van der Waals surface area contributed by atoms with Crippen molar-refractivity contribution >= 4 is 22.6 Å². The predicted molar refractivity (Wildman–Crippen MR) is 54.4 cm³/mol. The Hall–Kier alpha value is -1.97. The summed E-state index contributed by atoms with van der Waals surface area (Å²) in [6.07, 6.45) is 0. The Labute approximate surface area is 80.3 Å². The molecule has 0 unspecified atom stereocenters. The summed E-state index contributed by atoms with van der Waals surface area (Å²) in [5.41, 5.74) is 8.31. The molecule has 0 fully saturated rings. The Kier molecular flexibility index (Phi) is 1.70. The fourth-order valence-corrected chi connectivity index (χ4v) is 1.42. The van der Waals surface area contributed by atoms with Gasteiger partial charge in [-0.1, -0.05) is 0 Å². The van der Waals surface area contributed by atoms with Gasteiger partial charge in [-0.2, -0.15) is 0 Å². The van der Waals surface area contributed by atoms with Crippen LogP contribution in [0.25, 0.3) is 10.9 Å². The first-order chi connectivity index (χ1) is 6.58. The van der Waals surface area contributed by atoms with Crippen molar-refractivity contribution in [2.75, 3.05) is 5.73 Å². The summed E-state index contributed by atoms with van der Waals surface area (Å²) in [5, 5.41) is 9.59. The van der Waals surface area contributed by atoms with Crippen LogP contribution in [-0.2, 0) is 0 Å². The average Bonchev–Trinajstić information content (AvgIpc) is 2.48. The molecular weight excluding hydrogens is 180 g/mol. The Morgan fingerprint density at radius 2 is 2.14 bits per heavy atom. The van der Waals surface area contributed by atoms with Crippen molar-refractivity contribution in [2.45, 2.75) is 6.92 Å². The average molecular weight is 190 g/mol. The number of nitrogen functional groups attached to an aromatic ring is 1. The van der Waals surface area contributed by atoms with Crippen molar-refractivity contribution in [3.05, 3.63) is 29.5 Å². The normalized spacial score (nSPS) is 10.6. The zero-order valence-electron chi connectivity index (χ0n) is 7.66. The van der Waals surface area contributed by atoms with E-state index >= 15 is 0 Å². The van der Waals surface area contributed by atoms with Crippen LogP contribution >= 0.6 is 0 Å². The predicted octanol–water partition coefficient (Wildman–Crippen LogP) is 1.76.